The van der Waals surface area contributed by atoms with Crippen LogP contribution in [0.25, 0.3) is 22.3 Å². The third kappa shape index (κ3) is 5.64. The number of nitrogens with zero attached hydrogens (tertiary/aromatic N) is 7. The van der Waals surface area contributed by atoms with Gasteiger partial charge in [-0.1, -0.05) is 11.6 Å². The number of hydrogen-bond acceptors (Lipinski definition) is 9. The fourth-order valence-corrected chi connectivity index (χ4v) is 3.62. The molecule has 0 radical (unpaired) electrons. The second kappa shape index (κ2) is 9.53. The van der Waals surface area contributed by atoms with Crippen LogP contribution in [0.3, 0.4) is 0 Å². The SMILES string of the molecule is CC(C)(C)OC(=O)NC1CCN(c2ncnc3nc[nH]c23)CC1.Clc1ncnc2nc[nH]c12. The fraction of sp³-hybridized carbons (Fsp3) is 0.450. The molecule has 1 amide bonds. The van der Waals surface area contributed by atoms with Gasteiger partial charge >= 0.3 is 6.09 Å². The summed E-state index contributed by atoms with van der Waals surface area (Å²) in [6, 6.07) is 0.125. The largest absolute Gasteiger partial charge is 0.444 e. The highest BCUT2D eigenvalue weighted by atomic mass is 35.5. The Morgan fingerprint density at radius 2 is 1.61 bits per heavy atom. The van der Waals surface area contributed by atoms with Gasteiger partial charge < -0.3 is 24.9 Å². The predicted octanol–water partition coefficient (Wildman–Crippen LogP) is 2.85. The first-order chi connectivity index (χ1) is 15.8. The van der Waals surface area contributed by atoms with E-state index in [1.807, 2.05) is 20.8 Å². The van der Waals surface area contributed by atoms with Crippen LogP contribution in [0.1, 0.15) is 33.6 Å². The molecule has 0 atom stereocenters. The highest BCUT2D eigenvalue weighted by Crippen LogP contribution is 2.23. The molecule has 12 nitrogen and oxygen atoms in total. The number of aromatic nitrogens is 8. The number of anilines is 1. The van der Waals surface area contributed by atoms with Gasteiger partial charge in [-0.3, -0.25) is 0 Å². The number of carbonyl (C=O) groups is 1. The van der Waals surface area contributed by atoms with Crippen molar-refractivity contribution in [3.8, 4) is 0 Å². The number of hydrogen-bond donors (Lipinski definition) is 3. The zero-order valence-electron chi connectivity index (χ0n) is 18.5. The third-order valence-electron chi connectivity index (χ3n) is 4.90. The monoisotopic (exact) mass is 472 g/mol. The molecule has 4 aromatic rings. The second-order valence-corrected chi connectivity index (χ2v) is 8.83. The van der Waals surface area contributed by atoms with Crippen LogP contribution in [0.2, 0.25) is 5.15 Å². The zero-order chi connectivity index (χ0) is 23.4. The van der Waals surface area contributed by atoms with Crippen LogP contribution in [0, 0.1) is 0 Å². The summed E-state index contributed by atoms with van der Waals surface area (Å²) in [5, 5.41) is 3.34. The number of rotatable bonds is 2. The van der Waals surface area contributed by atoms with Crippen molar-refractivity contribution < 1.29 is 9.53 Å². The lowest BCUT2D eigenvalue weighted by Crippen LogP contribution is -2.46. The molecule has 5 rings (SSSR count). The van der Waals surface area contributed by atoms with E-state index >= 15 is 0 Å². The molecule has 0 spiro atoms. The average molecular weight is 473 g/mol. The Morgan fingerprint density at radius 3 is 2.24 bits per heavy atom. The number of piperidine rings is 1. The number of halogens is 1. The van der Waals surface area contributed by atoms with Gasteiger partial charge in [-0.05, 0) is 33.6 Å². The molecule has 4 aromatic heterocycles. The predicted molar refractivity (Wildman–Crippen MR) is 123 cm³/mol. The maximum absolute atomic E-state index is 11.8. The van der Waals surface area contributed by atoms with Crippen LogP contribution < -0.4 is 10.2 Å². The van der Waals surface area contributed by atoms with Gasteiger partial charge in [0.1, 0.15) is 29.3 Å². The minimum atomic E-state index is -0.474. The van der Waals surface area contributed by atoms with Crippen molar-refractivity contribution in [2.75, 3.05) is 18.0 Å². The summed E-state index contributed by atoms with van der Waals surface area (Å²) in [5.41, 5.74) is 2.33. The van der Waals surface area contributed by atoms with E-state index < -0.39 is 5.60 Å². The average Bonchev–Trinajstić information content (AvgIpc) is 3.43. The molecule has 174 valence electrons. The third-order valence-corrected chi connectivity index (χ3v) is 5.18. The summed E-state index contributed by atoms with van der Waals surface area (Å²) < 4.78 is 5.30. The maximum Gasteiger partial charge on any atom is 0.407 e. The molecule has 3 N–H and O–H groups in total. The first-order valence-electron chi connectivity index (χ1n) is 10.5. The number of carbonyl (C=O) groups excluding carboxylic acids is 1. The molecule has 1 fully saturated rings. The Balaban J connectivity index is 0.000000214. The molecule has 0 aromatic carbocycles. The van der Waals surface area contributed by atoms with E-state index in [4.69, 9.17) is 16.3 Å². The number of fused-ring (bicyclic) bond motifs is 2. The van der Waals surface area contributed by atoms with E-state index in [0.29, 0.717) is 22.0 Å². The molecule has 1 saturated heterocycles. The Labute approximate surface area is 194 Å². The number of aromatic amines is 2. The minimum Gasteiger partial charge on any atom is -0.444 e. The number of nitrogens with one attached hydrogen (secondary N) is 3. The van der Waals surface area contributed by atoms with Crippen molar-refractivity contribution in [2.24, 2.45) is 0 Å². The normalized spacial score (nSPS) is 14.7. The molecular weight excluding hydrogens is 448 g/mol. The van der Waals surface area contributed by atoms with E-state index in [9.17, 15) is 4.79 Å². The van der Waals surface area contributed by atoms with E-state index in [2.05, 4.69) is 50.1 Å². The van der Waals surface area contributed by atoms with Crippen LogP contribution in [-0.4, -0.2) is 70.7 Å². The first kappa shape index (κ1) is 22.6. The summed E-state index contributed by atoms with van der Waals surface area (Å²) in [6.07, 6.45) is 7.41. The lowest BCUT2D eigenvalue weighted by Gasteiger charge is -2.33. The topological polar surface area (TPSA) is 150 Å². The Kier molecular flexibility index (Phi) is 6.54. The maximum atomic E-state index is 11.8. The molecule has 0 saturated carbocycles. The highest BCUT2D eigenvalue weighted by molar-refractivity contribution is 6.33. The van der Waals surface area contributed by atoms with Crippen LogP contribution in [0.15, 0.2) is 25.3 Å². The fourth-order valence-electron chi connectivity index (χ4n) is 3.44. The van der Waals surface area contributed by atoms with Gasteiger partial charge in [0, 0.05) is 19.1 Å². The van der Waals surface area contributed by atoms with Crippen LogP contribution in [0.5, 0.6) is 0 Å². The van der Waals surface area contributed by atoms with Crippen LogP contribution in [0.4, 0.5) is 10.6 Å². The van der Waals surface area contributed by atoms with Crippen molar-refractivity contribution in [2.45, 2.75) is 45.3 Å². The van der Waals surface area contributed by atoms with Crippen molar-refractivity contribution in [1.29, 1.82) is 0 Å². The van der Waals surface area contributed by atoms with Gasteiger partial charge in [-0.15, -0.1) is 0 Å². The number of alkyl carbamates (subject to hydrolysis) is 1. The Bertz CT molecular complexity index is 1230. The van der Waals surface area contributed by atoms with Gasteiger partial charge in [-0.25, -0.2) is 34.7 Å². The summed E-state index contributed by atoms with van der Waals surface area (Å²) in [4.78, 5) is 44.1. The molecule has 13 heteroatoms. The van der Waals surface area contributed by atoms with Crippen LogP contribution >= 0.6 is 11.6 Å². The molecule has 0 bridgehead atoms. The van der Waals surface area contributed by atoms with Gasteiger partial charge in [0.2, 0.25) is 0 Å². The molecule has 1 aliphatic rings. The summed E-state index contributed by atoms with van der Waals surface area (Å²) in [7, 11) is 0. The Morgan fingerprint density at radius 1 is 1.00 bits per heavy atom. The summed E-state index contributed by atoms with van der Waals surface area (Å²) in [5.74, 6) is 0.864. The standard InChI is InChI=1S/C15H22N6O2.C5H3ClN4/c1-15(2,3)23-14(22)20-10-4-6-21(7-5-10)13-11-12(17-8-16-11)18-9-19-13;6-4-3-5(9-1-7-3)10-2-8-4/h8-10H,4-7H2,1-3H3,(H,20,22)(H,16,17,18,19);1-2H,(H,7,8,9,10). The highest BCUT2D eigenvalue weighted by Gasteiger charge is 2.25. The molecule has 1 aliphatic heterocycles. The summed E-state index contributed by atoms with van der Waals surface area (Å²) in [6.45, 7) is 7.21. The summed E-state index contributed by atoms with van der Waals surface area (Å²) >= 11 is 5.68. The van der Waals surface area contributed by atoms with Gasteiger partial charge in [0.15, 0.2) is 22.3 Å². The van der Waals surface area contributed by atoms with Crippen LogP contribution in [-0.2, 0) is 4.74 Å². The first-order valence-corrected chi connectivity index (χ1v) is 10.9. The molecule has 0 unspecified atom stereocenters. The smallest absolute Gasteiger partial charge is 0.407 e. The van der Waals surface area contributed by atoms with E-state index in [0.717, 1.165) is 37.3 Å². The molecule has 33 heavy (non-hydrogen) atoms. The van der Waals surface area contributed by atoms with Gasteiger partial charge in [0.05, 0.1) is 12.7 Å². The lowest BCUT2D eigenvalue weighted by atomic mass is 10.1. The number of ether oxygens (including phenoxy) is 1. The van der Waals surface area contributed by atoms with E-state index in [-0.39, 0.29) is 12.1 Å². The number of imidazole rings is 2. The molecule has 5 heterocycles. The van der Waals surface area contributed by atoms with Crippen molar-refractivity contribution in [3.05, 3.63) is 30.5 Å². The lowest BCUT2D eigenvalue weighted by molar-refractivity contribution is 0.0497. The van der Waals surface area contributed by atoms with Crippen molar-refractivity contribution in [3.63, 3.8) is 0 Å². The van der Waals surface area contributed by atoms with E-state index in [1.165, 1.54) is 19.0 Å². The van der Waals surface area contributed by atoms with Crippen molar-refractivity contribution in [1.82, 2.24) is 45.2 Å². The quantitative estimate of drug-likeness (QED) is 0.374. The van der Waals surface area contributed by atoms with Gasteiger partial charge in [0.25, 0.3) is 0 Å². The second-order valence-electron chi connectivity index (χ2n) is 8.47. The van der Waals surface area contributed by atoms with E-state index in [1.54, 1.807) is 6.33 Å². The zero-order valence-corrected chi connectivity index (χ0v) is 19.3. The van der Waals surface area contributed by atoms with Gasteiger partial charge in [-0.2, -0.15) is 0 Å². The number of amides is 1. The number of H-pyrrole nitrogens is 2. The minimum absolute atomic E-state index is 0.125. The Hall–Kier alpha value is -3.54. The molecule has 0 aliphatic carbocycles. The van der Waals surface area contributed by atoms with Crippen molar-refractivity contribution >= 4 is 45.8 Å². The molecular formula is C20H25ClN10O2.